The molecule has 1 fully saturated rings. The van der Waals surface area contributed by atoms with Crippen LogP contribution < -0.4 is 5.32 Å². The second-order valence-electron chi connectivity index (χ2n) is 5.18. The summed E-state index contributed by atoms with van der Waals surface area (Å²) in [5.74, 6) is 0. The Kier molecular flexibility index (Phi) is 3.50. The number of hydrogen-bond acceptors (Lipinski definition) is 2. The third kappa shape index (κ3) is 2.74. The van der Waals surface area contributed by atoms with Crippen molar-refractivity contribution < 1.29 is 0 Å². The molecule has 1 unspecified atom stereocenters. The van der Waals surface area contributed by atoms with E-state index < -0.39 is 0 Å². The van der Waals surface area contributed by atoms with Crippen molar-refractivity contribution in [2.24, 2.45) is 5.41 Å². The molecule has 0 bridgehead atoms. The topological polar surface area (TPSA) is 24.9 Å². The fourth-order valence-electron chi connectivity index (χ4n) is 2.16. The highest BCUT2D eigenvalue weighted by molar-refractivity contribution is 6.29. The van der Waals surface area contributed by atoms with Crippen molar-refractivity contribution in [3.05, 3.63) is 29.0 Å². The molecule has 0 amide bonds. The van der Waals surface area contributed by atoms with Crippen LogP contribution in [0.5, 0.6) is 0 Å². The van der Waals surface area contributed by atoms with E-state index in [0.29, 0.717) is 16.6 Å². The number of aromatic nitrogens is 1. The van der Waals surface area contributed by atoms with E-state index >= 15 is 0 Å². The van der Waals surface area contributed by atoms with Gasteiger partial charge in [0.1, 0.15) is 5.15 Å². The van der Waals surface area contributed by atoms with Gasteiger partial charge < -0.3 is 5.32 Å². The lowest BCUT2D eigenvalue weighted by Crippen LogP contribution is -2.38. The second-order valence-corrected chi connectivity index (χ2v) is 5.57. The maximum absolute atomic E-state index is 5.88. The van der Waals surface area contributed by atoms with E-state index in [9.17, 15) is 0 Å². The molecular formula is C13H19ClN2. The summed E-state index contributed by atoms with van der Waals surface area (Å²) in [6.07, 6.45) is 5.85. The van der Waals surface area contributed by atoms with E-state index in [1.807, 2.05) is 12.1 Å². The van der Waals surface area contributed by atoms with Gasteiger partial charge >= 0.3 is 0 Å². The van der Waals surface area contributed by atoms with Gasteiger partial charge in [0.2, 0.25) is 0 Å². The summed E-state index contributed by atoms with van der Waals surface area (Å²) < 4.78 is 0. The normalized spacial score (nSPS) is 20.2. The van der Waals surface area contributed by atoms with Crippen molar-refractivity contribution in [2.45, 2.75) is 39.2 Å². The fourth-order valence-corrected chi connectivity index (χ4v) is 2.34. The predicted molar refractivity (Wildman–Crippen MR) is 67.6 cm³/mol. The lowest BCUT2D eigenvalue weighted by Gasteiger charge is -2.39. The van der Waals surface area contributed by atoms with Gasteiger partial charge in [-0.3, -0.25) is 0 Å². The monoisotopic (exact) mass is 238 g/mol. The zero-order valence-electron chi connectivity index (χ0n) is 9.96. The van der Waals surface area contributed by atoms with Crippen LogP contribution in [0.3, 0.4) is 0 Å². The molecule has 0 aromatic carbocycles. The van der Waals surface area contributed by atoms with E-state index in [2.05, 4.69) is 24.1 Å². The molecule has 2 nitrogen and oxygen atoms in total. The smallest absolute Gasteiger partial charge is 0.129 e. The van der Waals surface area contributed by atoms with Gasteiger partial charge in [-0.2, -0.15) is 0 Å². The number of pyridine rings is 1. The summed E-state index contributed by atoms with van der Waals surface area (Å²) in [4.78, 5) is 4.00. The van der Waals surface area contributed by atoms with Crippen molar-refractivity contribution in [2.75, 3.05) is 6.54 Å². The van der Waals surface area contributed by atoms with Gasteiger partial charge in [-0.15, -0.1) is 0 Å². The highest BCUT2D eigenvalue weighted by atomic mass is 35.5. The van der Waals surface area contributed by atoms with Crippen LogP contribution in [0.15, 0.2) is 18.3 Å². The Morgan fingerprint density at radius 2 is 2.31 bits per heavy atom. The molecule has 1 N–H and O–H groups in total. The molecule has 2 rings (SSSR count). The van der Waals surface area contributed by atoms with Crippen LogP contribution in [0.25, 0.3) is 0 Å². The SMILES string of the molecule is CC(NCC1(C)CCC1)c1ccnc(Cl)c1. The molecule has 0 saturated heterocycles. The Morgan fingerprint density at radius 3 is 2.88 bits per heavy atom. The van der Waals surface area contributed by atoms with E-state index in [-0.39, 0.29) is 0 Å². The molecule has 1 aliphatic rings. The average Bonchev–Trinajstić information content (AvgIpc) is 2.23. The van der Waals surface area contributed by atoms with Crippen LogP contribution >= 0.6 is 11.6 Å². The quantitative estimate of drug-likeness (QED) is 0.812. The summed E-state index contributed by atoms with van der Waals surface area (Å²) in [6.45, 7) is 5.62. The molecule has 0 spiro atoms. The minimum atomic E-state index is 0.345. The van der Waals surface area contributed by atoms with E-state index in [1.165, 1.54) is 24.8 Å². The number of nitrogens with one attached hydrogen (secondary N) is 1. The Labute approximate surface area is 102 Å². The second kappa shape index (κ2) is 4.72. The molecule has 1 aliphatic carbocycles. The first-order chi connectivity index (χ1) is 7.59. The first-order valence-electron chi connectivity index (χ1n) is 5.94. The van der Waals surface area contributed by atoms with Crippen LogP contribution in [-0.2, 0) is 0 Å². The molecule has 1 aromatic rings. The zero-order chi connectivity index (χ0) is 11.6. The Balaban J connectivity index is 1.90. The Bertz CT molecular complexity index is 361. The minimum absolute atomic E-state index is 0.345. The minimum Gasteiger partial charge on any atom is -0.310 e. The van der Waals surface area contributed by atoms with E-state index in [4.69, 9.17) is 11.6 Å². The lowest BCUT2D eigenvalue weighted by atomic mass is 9.70. The molecule has 1 aromatic heterocycles. The number of nitrogens with zero attached hydrogens (tertiary/aromatic N) is 1. The van der Waals surface area contributed by atoms with Gasteiger partial charge in [0.15, 0.2) is 0 Å². The van der Waals surface area contributed by atoms with Crippen molar-refractivity contribution in [1.82, 2.24) is 10.3 Å². The van der Waals surface area contributed by atoms with Crippen LogP contribution in [-0.4, -0.2) is 11.5 Å². The third-order valence-electron chi connectivity index (χ3n) is 3.65. The highest BCUT2D eigenvalue weighted by Crippen LogP contribution is 2.39. The average molecular weight is 239 g/mol. The van der Waals surface area contributed by atoms with Gasteiger partial charge in [0.05, 0.1) is 0 Å². The maximum atomic E-state index is 5.88. The van der Waals surface area contributed by atoms with Crippen LogP contribution in [0.2, 0.25) is 5.15 Å². The van der Waals surface area contributed by atoms with Gasteiger partial charge in [-0.05, 0) is 42.9 Å². The summed E-state index contributed by atoms with van der Waals surface area (Å²) in [5, 5.41) is 4.15. The first kappa shape index (κ1) is 11.9. The fraction of sp³-hybridized carbons (Fsp3) is 0.615. The Morgan fingerprint density at radius 1 is 1.56 bits per heavy atom. The largest absolute Gasteiger partial charge is 0.310 e. The van der Waals surface area contributed by atoms with Gasteiger partial charge in [0, 0.05) is 18.8 Å². The summed E-state index contributed by atoms with van der Waals surface area (Å²) in [6, 6.07) is 4.30. The number of rotatable bonds is 4. The molecule has 16 heavy (non-hydrogen) atoms. The zero-order valence-corrected chi connectivity index (χ0v) is 10.7. The number of halogens is 1. The molecule has 3 heteroatoms. The standard InChI is InChI=1S/C13H19ClN2/c1-10(11-4-7-15-12(14)8-11)16-9-13(2)5-3-6-13/h4,7-8,10,16H,3,5-6,9H2,1-2H3. The molecule has 88 valence electrons. The maximum Gasteiger partial charge on any atom is 0.129 e. The van der Waals surface area contributed by atoms with Gasteiger partial charge in [0.25, 0.3) is 0 Å². The molecule has 1 atom stereocenters. The van der Waals surface area contributed by atoms with Crippen molar-refractivity contribution >= 4 is 11.6 Å². The van der Waals surface area contributed by atoms with Gasteiger partial charge in [-0.25, -0.2) is 4.98 Å². The first-order valence-corrected chi connectivity index (χ1v) is 6.32. The van der Waals surface area contributed by atoms with Crippen molar-refractivity contribution in [3.8, 4) is 0 Å². The van der Waals surface area contributed by atoms with Crippen LogP contribution in [0.1, 0.15) is 44.7 Å². The lowest BCUT2D eigenvalue weighted by molar-refractivity contribution is 0.152. The summed E-state index contributed by atoms with van der Waals surface area (Å²) >= 11 is 5.88. The third-order valence-corrected chi connectivity index (χ3v) is 3.85. The van der Waals surface area contributed by atoms with Crippen LogP contribution in [0.4, 0.5) is 0 Å². The molecule has 0 radical (unpaired) electrons. The van der Waals surface area contributed by atoms with Crippen molar-refractivity contribution in [1.29, 1.82) is 0 Å². The summed E-state index contributed by atoms with van der Waals surface area (Å²) in [7, 11) is 0. The summed E-state index contributed by atoms with van der Waals surface area (Å²) in [5.41, 5.74) is 1.73. The predicted octanol–water partition coefficient (Wildman–Crippen LogP) is 3.58. The molecular weight excluding hydrogens is 220 g/mol. The molecule has 0 aliphatic heterocycles. The van der Waals surface area contributed by atoms with E-state index in [0.717, 1.165) is 6.54 Å². The van der Waals surface area contributed by atoms with Crippen molar-refractivity contribution in [3.63, 3.8) is 0 Å². The molecule has 1 saturated carbocycles. The van der Waals surface area contributed by atoms with Crippen LogP contribution in [0, 0.1) is 5.41 Å². The highest BCUT2D eigenvalue weighted by Gasteiger charge is 2.31. The Hall–Kier alpha value is -0.600. The molecule has 1 heterocycles. The number of hydrogen-bond donors (Lipinski definition) is 1. The van der Waals surface area contributed by atoms with E-state index in [1.54, 1.807) is 6.20 Å². The van der Waals surface area contributed by atoms with Gasteiger partial charge in [-0.1, -0.05) is 24.9 Å².